The van der Waals surface area contributed by atoms with Crippen LogP contribution in [0.1, 0.15) is 36.5 Å². The van der Waals surface area contributed by atoms with E-state index in [1.54, 1.807) is 16.3 Å². The van der Waals surface area contributed by atoms with Crippen molar-refractivity contribution in [2.75, 3.05) is 0 Å². The van der Waals surface area contributed by atoms with Crippen LogP contribution in [0.3, 0.4) is 0 Å². The molecule has 2 heterocycles. The lowest BCUT2D eigenvalue weighted by Gasteiger charge is -2.13. The van der Waals surface area contributed by atoms with Gasteiger partial charge in [0.1, 0.15) is 11.0 Å². The largest absolute Gasteiger partial charge is 0.355 e. The highest BCUT2D eigenvalue weighted by Crippen LogP contribution is 2.30. The maximum atomic E-state index is 13.7. The molecule has 0 atom stereocenters. The van der Waals surface area contributed by atoms with Gasteiger partial charge in [0.05, 0.1) is 5.69 Å². The maximum Gasteiger partial charge on any atom is 0.283 e. The Morgan fingerprint density at radius 2 is 1.65 bits per heavy atom. The number of aryl methyl sites for hydroxylation is 1. The van der Waals surface area contributed by atoms with Gasteiger partial charge in [-0.05, 0) is 41.7 Å². The number of aromatic nitrogens is 3. The van der Waals surface area contributed by atoms with Crippen molar-refractivity contribution in [3.05, 3.63) is 112 Å². The summed E-state index contributed by atoms with van der Waals surface area (Å²) in [6.07, 6.45) is 1.88. The Hall–Kier alpha value is -3.57. The van der Waals surface area contributed by atoms with Crippen LogP contribution in [0.25, 0.3) is 27.8 Å². The second-order valence-electron chi connectivity index (χ2n) is 8.85. The molecule has 170 valence electrons. The molecule has 4 nitrogen and oxygen atoms in total. The van der Waals surface area contributed by atoms with Gasteiger partial charge in [0.2, 0.25) is 0 Å². The first-order chi connectivity index (χ1) is 16.5. The lowest BCUT2D eigenvalue weighted by molar-refractivity contribution is 0.818. The Balaban J connectivity index is 1.61. The summed E-state index contributed by atoms with van der Waals surface area (Å²) in [5.74, 6) is 1.23. The van der Waals surface area contributed by atoms with E-state index in [2.05, 4.69) is 43.1 Å². The first-order valence-corrected chi connectivity index (χ1v) is 12.5. The molecule has 0 saturated carbocycles. The van der Waals surface area contributed by atoms with Gasteiger partial charge in [-0.15, -0.1) is 0 Å². The van der Waals surface area contributed by atoms with Crippen LogP contribution in [-0.4, -0.2) is 14.5 Å². The van der Waals surface area contributed by atoms with E-state index >= 15 is 0 Å². The summed E-state index contributed by atoms with van der Waals surface area (Å²) < 4.78 is 1.72. The molecule has 5 aromatic rings. The van der Waals surface area contributed by atoms with E-state index in [0.29, 0.717) is 22.1 Å². The van der Waals surface area contributed by atoms with Crippen molar-refractivity contribution < 1.29 is 0 Å². The number of thioether (sulfide) groups is 1. The molecule has 2 aromatic heterocycles. The predicted molar refractivity (Wildman–Crippen MR) is 142 cm³/mol. The van der Waals surface area contributed by atoms with Crippen LogP contribution in [0.5, 0.6) is 0 Å². The predicted octanol–water partition coefficient (Wildman–Crippen LogP) is 7.10. The van der Waals surface area contributed by atoms with Crippen LogP contribution in [-0.2, 0) is 5.75 Å². The first-order valence-electron chi connectivity index (χ1n) is 11.5. The summed E-state index contributed by atoms with van der Waals surface area (Å²) in [5.41, 5.74) is 7.60. The van der Waals surface area contributed by atoms with E-state index < -0.39 is 0 Å². The average Bonchev–Trinajstić information content (AvgIpc) is 3.29. The van der Waals surface area contributed by atoms with Crippen molar-refractivity contribution in [2.45, 2.75) is 37.6 Å². The molecule has 0 amide bonds. The zero-order valence-corrected chi connectivity index (χ0v) is 20.4. The van der Waals surface area contributed by atoms with Crippen LogP contribution in [0.15, 0.2) is 95.0 Å². The fraction of sp³-hybridized carbons (Fsp3) is 0.172. The molecule has 0 radical (unpaired) electrons. The van der Waals surface area contributed by atoms with Crippen LogP contribution < -0.4 is 5.56 Å². The molecule has 34 heavy (non-hydrogen) atoms. The molecule has 1 N–H and O–H groups in total. The summed E-state index contributed by atoms with van der Waals surface area (Å²) in [5, 5.41) is 0.686. The first kappa shape index (κ1) is 22.2. The molecule has 0 spiro atoms. The van der Waals surface area contributed by atoms with Crippen molar-refractivity contribution >= 4 is 22.8 Å². The Labute approximate surface area is 203 Å². The normalized spacial score (nSPS) is 11.4. The molecule has 0 saturated heterocycles. The number of rotatable bonds is 6. The summed E-state index contributed by atoms with van der Waals surface area (Å²) in [7, 11) is 0. The monoisotopic (exact) mass is 465 g/mol. The van der Waals surface area contributed by atoms with E-state index in [4.69, 9.17) is 4.98 Å². The average molecular weight is 466 g/mol. The van der Waals surface area contributed by atoms with Crippen LogP contribution in [0, 0.1) is 6.92 Å². The minimum absolute atomic E-state index is 0.0892. The van der Waals surface area contributed by atoms with Gasteiger partial charge in [0, 0.05) is 17.5 Å². The smallest absolute Gasteiger partial charge is 0.283 e. The van der Waals surface area contributed by atoms with Gasteiger partial charge in [-0.2, -0.15) is 0 Å². The Kier molecular flexibility index (Phi) is 6.12. The molecule has 5 heteroatoms. The quantitative estimate of drug-likeness (QED) is 0.215. The highest BCUT2D eigenvalue weighted by molar-refractivity contribution is 7.98. The minimum atomic E-state index is -0.0892. The zero-order valence-electron chi connectivity index (χ0n) is 19.6. The number of nitrogens with zero attached hydrogens (tertiary/aromatic N) is 2. The van der Waals surface area contributed by atoms with Gasteiger partial charge in [0.25, 0.3) is 5.56 Å². The second-order valence-corrected chi connectivity index (χ2v) is 9.79. The SMILES string of the molecule is Cc1ccc(-n2c(SCc3ccc(C(C)C)cc3)nc3c(-c4ccccc4)c[nH]c3c2=O)cc1. The number of benzene rings is 3. The van der Waals surface area contributed by atoms with Gasteiger partial charge in [0.15, 0.2) is 5.16 Å². The van der Waals surface area contributed by atoms with Crippen molar-refractivity contribution in [2.24, 2.45) is 0 Å². The molecule has 0 bridgehead atoms. The van der Waals surface area contributed by atoms with Crippen molar-refractivity contribution in [3.8, 4) is 16.8 Å². The van der Waals surface area contributed by atoms with Crippen molar-refractivity contribution in [3.63, 3.8) is 0 Å². The topological polar surface area (TPSA) is 50.7 Å². The molecular formula is C29H27N3OS. The Morgan fingerprint density at radius 1 is 0.941 bits per heavy atom. The fourth-order valence-electron chi connectivity index (χ4n) is 4.04. The summed E-state index contributed by atoms with van der Waals surface area (Å²) in [6.45, 7) is 6.44. The van der Waals surface area contributed by atoms with E-state index in [-0.39, 0.29) is 5.56 Å². The summed E-state index contributed by atoms with van der Waals surface area (Å²) >= 11 is 1.59. The standard InChI is InChI=1S/C29H27N3OS/c1-19(2)22-13-11-21(12-14-22)18-34-29-31-26-25(23-7-5-4-6-8-23)17-30-27(26)28(33)32(29)24-15-9-20(3)10-16-24/h4-17,19,30H,18H2,1-3H3. The second kappa shape index (κ2) is 9.35. The maximum absolute atomic E-state index is 13.7. The molecule has 3 aromatic carbocycles. The molecular weight excluding hydrogens is 438 g/mol. The highest BCUT2D eigenvalue weighted by atomic mass is 32.2. The zero-order chi connectivity index (χ0) is 23.7. The third kappa shape index (κ3) is 4.31. The van der Waals surface area contributed by atoms with Crippen molar-refractivity contribution in [1.82, 2.24) is 14.5 Å². The van der Waals surface area contributed by atoms with E-state index in [9.17, 15) is 4.79 Å². The van der Waals surface area contributed by atoms with Crippen LogP contribution >= 0.6 is 11.8 Å². The van der Waals surface area contributed by atoms with Gasteiger partial charge in [-0.3, -0.25) is 9.36 Å². The van der Waals surface area contributed by atoms with E-state index in [1.807, 2.05) is 67.7 Å². The Bertz CT molecular complexity index is 1480. The number of hydrogen-bond donors (Lipinski definition) is 1. The number of aromatic amines is 1. The highest BCUT2D eigenvalue weighted by Gasteiger charge is 2.18. The van der Waals surface area contributed by atoms with Crippen LogP contribution in [0.2, 0.25) is 0 Å². The fourth-order valence-corrected chi connectivity index (χ4v) is 5.00. The molecule has 0 fully saturated rings. The number of nitrogens with one attached hydrogen (secondary N) is 1. The number of fused-ring (bicyclic) bond motifs is 1. The third-order valence-corrected chi connectivity index (χ3v) is 7.07. The van der Waals surface area contributed by atoms with Gasteiger partial charge >= 0.3 is 0 Å². The number of H-pyrrole nitrogens is 1. The Morgan fingerprint density at radius 3 is 2.32 bits per heavy atom. The van der Waals surface area contributed by atoms with E-state index in [0.717, 1.165) is 28.1 Å². The van der Waals surface area contributed by atoms with Crippen LogP contribution in [0.4, 0.5) is 0 Å². The van der Waals surface area contributed by atoms with Gasteiger partial charge < -0.3 is 4.98 Å². The molecule has 0 unspecified atom stereocenters. The minimum Gasteiger partial charge on any atom is -0.355 e. The van der Waals surface area contributed by atoms with Gasteiger partial charge in [-0.1, -0.05) is 97.9 Å². The molecule has 0 aliphatic heterocycles. The molecule has 0 aliphatic rings. The number of hydrogen-bond acceptors (Lipinski definition) is 3. The van der Waals surface area contributed by atoms with Crippen molar-refractivity contribution in [1.29, 1.82) is 0 Å². The van der Waals surface area contributed by atoms with E-state index in [1.165, 1.54) is 11.1 Å². The molecule has 5 rings (SSSR count). The third-order valence-electron chi connectivity index (χ3n) is 6.06. The lowest BCUT2D eigenvalue weighted by atomic mass is 10.0. The summed E-state index contributed by atoms with van der Waals surface area (Å²) in [4.78, 5) is 21.9. The lowest BCUT2D eigenvalue weighted by Crippen LogP contribution is -2.21. The van der Waals surface area contributed by atoms with Gasteiger partial charge in [-0.25, -0.2) is 4.98 Å². The molecule has 0 aliphatic carbocycles. The summed E-state index contributed by atoms with van der Waals surface area (Å²) in [6, 6.07) is 26.8.